The molecule has 3 heteroatoms. The molecule has 0 atom stereocenters. The molecule has 0 aliphatic carbocycles. The summed E-state index contributed by atoms with van der Waals surface area (Å²) < 4.78 is 5.29. The van der Waals surface area contributed by atoms with Crippen molar-refractivity contribution in [2.45, 2.75) is 53.4 Å². The number of furan rings is 1. The molecule has 0 fully saturated rings. The maximum atomic E-state index is 12.3. The second-order valence-electron chi connectivity index (χ2n) is 6.33. The minimum absolute atomic E-state index is 0.253. The number of amides is 1. The van der Waals surface area contributed by atoms with Crippen LogP contribution in [0, 0.1) is 11.8 Å². The van der Waals surface area contributed by atoms with Crippen molar-refractivity contribution in [1.82, 2.24) is 4.90 Å². The Morgan fingerprint density at radius 1 is 1.15 bits per heavy atom. The van der Waals surface area contributed by atoms with Crippen LogP contribution in [0.2, 0.25) is 0 Å². The number of hydrogen-bond donors (Lipinski definition) is 0. The summed E-state index contributed by atoms with van der Waals surface area (Å²) in [5, 5.41) is 0. The van der Waals surface area contributed by atoms with Gasteiger partial charge < -0.3 is 9.32 Å². The van der Waals surface area contributed by atoms with Gasteiger partial charge in [-0.1, -0.05) is 27.7 Å². The number of rotatable bonds is 9. The molecule has 0 unspecified atom stereocenters. The van der Waals surface area contributed by atoms with Crippen LogP contribution in [-0.4, -0.2) is 23.9 Å². The van der Waals surface area contributed by atoms with Gasteiger partial charge in [-0.2, -0.15) is 0 Å². The first-order chi connectivity index (χ1) is 9.49. The van der Waals surface area contributed by atoms with Gasteiger partial charge in [0.15, 0.2) is 0 Å². The largest absolute Gasteiger partial charge is 0.469 e. The highest BCUT2D eigenvalue weighted by molar-refractivity contribution is 5.76. The molecule has 0 bridgehead atoms. The Kier molecular flexibility index (Phi) is 7.42. The minimum atomic E-state index is 0.253. The summed E-state index contributed by atoms with van der Waals surface area (Å²) in [5.41, 5.74) is 0. The van der Waals surface area contributed by atoms with Crippen LogP contribution in [0.4, 0.5) is 0 Å². The molecule has 0 aliphatic rings. The lowest BCUT2D eigenvalue weighted by Crippen LogP contribution is -2.34. The molecular formula is C17H29NO2. The Morgan fingerprint density at radius 3 is 2.20 bits per heavy atom. The van der Waals surface area contributed by atoms with E-state index in [1.54, 1.807) is 6.26 Å². The van der Waals surface area contributed by atoms with E-state index >= 15 is 0 Å². The Labute approximate surface area is 123 Å². The van der Waals surface area contributed by atoms with E-state index in [1.807, 2.05) is 17.0 Å². The molecule has 0 saturated carbocycles. The number of carbonyl (C=O) groups is 1. The van der Waals surface area contributed by atoms with E-state index in [9.17, 15) is 4.79 Å². The van der Waals surface area contributed by atoms with E-state index < -0.39 is 0 Å². The van der Waals surface area contributed by atoms with Gasteiger partial charge in [0.05, 0.1) is 6.26 Å². The van der Waals surface area contributed by atoms with Crippen LogP contribution in [0.25, 0.3) is 0 Å². The fourth-order valence-corrected chi connectivity index (χ4v) is 2.03. The van der Waals surface area contributed by atoms with Gasteiger partial charge in [-0.25, -0.2) is 0 Å². The van der Waals surface area contributed by atoms with Gasteiger partial charge >= 0.3 is 0 Å². The number of nitrogens with zero attached hydrogens (tertiary/aromatic N) is 1. The molecule has 1 aromatic heterocycles. The van der Waals surface area contributed by atoms with E-state index in [0.29, 0.717) is 24.7 Å². The fraction of sp³-hybridized carbons (Fsp3) is 0.706. The van der Waals surface area contributed by atoms with Crippen molar-refractivity contribution in [2.24, 2.45) is 11.8 Å². The Hall–Kier alpha value is -1.25. The van der Waals surface area contributed by atoms with E-state index in [0.717, 1.165) is 31.7 Å². The van der Waals surface area contributed by atoms with Gasteiger partial charge in [-0.05, 0) is 36.8 Å². The second kappa shape index (κ2) is 8.83. The molecule has 0 aliphatic heterocycles. The van der Waals surface area contributed by atoms with Gasteiger partial charge in [0.25, 0.3) is 0 Å². The van der Waals surface area contributed by atoms with Crippen LogP contribution in [0.3, 0.4) is 0 Å². The van der Waals surface area contributed by atoms with Crippen LogP contribution in [0.5, 0.6) is 0 Å². The summed E-state index contributed by atoms with van der Waals surface area (Å²) in [6, 6.07) is 3.80. The predicted molar refractivity (Wildman–Crippen MR) is 82.5 cm³/mol. The molecule has 1 aromatic rings. The van der Waals surface area contributed by atoms with Gasteiger partial charge in [0.2, 0.25) is 5.91 Å². The van der Waals surface area contributed by atoms with Crippen LogP contribution in [0.1, 0.15) is 52.7 Å². The maximum absolute atomic E-state index is 12.3. The van der Waals surface area contributed by atoms with Crippen LogP contribution in [-0.2, 0) is 11.2 Å². The molecule has 0 saturated heterocycles. The van der Waals surface area contributed by atoms with Crippen molar-refractivity contribution in [1.29, 1.82) is 0 Å². The van der Waals surface area contributed by atoms with Crippen LogP contribution < -0.4 is 0 Å². The molecule has 0 spiro atoms. The minimum Gasteiger partial charge on any atom is -0.469 e. The normalized spacial score (nSPS) is 11.3. The first kappa shape index (κ1) is 16.8. The molecule has 0 aromatic carbocycles. The first-order valence-corrected chi connectivity index (χ1v) is 7.79. The van der Waals surface area contributed by atoms with E-state index in [2.05, 4.69) is 27.7 Å². The van der Waals surface area contributed by atoms with Crippen molar-refractivity contribution in [3.8, 4) is 0 Å². The summed E-state index contributed by atoms with van der Waals surface area (Å²) in [4.78, 5) is 14.4. The lowest BCUT2D eigenvalue weighted by molar-refractivity contribution is -0.131. The van der Waals surface area contributed by atoms with Crippen LogP contribution in [0.15, 0.2) is 22.8 Å². The lowest BCUT2D eigenvalue weighted by Gasteiger charge is -2.24. The highest BCUT2D eigenvalue weighted by atomic mass is 16.3. The molecular weight excluding hydrogens is 250 g/mol. The zero-order valence-electron chi connectivity index (χ0n) is 13.4. The predicted octanol–water partition coefficient (Wildman–Crippen LogP) is 4.13. The summed E-state index contributed by atoms with van der Waals surface area (Å²) in [6.07, 6.45) is 5.06. The smallest absolute Gasteiger partial charge is 0.223 e. The Balaban J connectivity index is 2.44. The number of aryl methyl sites for hydroxylation is 1. The van der Waals surface area contributed by atoms with Gasteiger partial charge in [0, 0.05) is 25.9 Å². The van der Waals surface area contributed by atoms with Crippen LogP contribution >= 0.6 is 0 Å². The van der Waals surface area contributed by atoms with Gasteiger partial charge in [0.1, 0.15) is 5.76 Å². The third-order valence-electron chi connectivity index (χ3n) is 3.47. The summed E-state index contributed by atoms with van der Waals surface area (Å²) in [5.74, 6) is 2.41. The highest BCUT2D eigenvalue weighted by Crippen LogP contribution is 2.10. The van der Waals surface area contributed by atoms with Gasteiger partial charge in [-0.3, -0.25) is 4.79 Å². The highest BCUT2D eigenvalue weighted by Gasteiger charge is 2.14. The monoisotopic (exact) mass is 279 g/mol. The molecule has 114 valence electrons. The topological polar surface area (TPSA) is 33.5 Å². The van der Waals surface area contributed by atoms with E-state index in [-0.39, 0.29) is 5.91 Å². The molecule has 20 heavy (non-hydrogen) atoms. The summed E-state index contributed by atoms with van der Waals surface area (Å²) in [7, 11) is 0. The fourth-order valence-electron chi connectivity index (χ4n) is 2.03. The van der Waals surface area contributed by atoms with Crippen molar-refractivity contribution < 1.29 is 9.21 Å². The Bertz CT molecular complexity index is 356. The lowest BCUT2D eigenvalue weighted by atomic mass is 10.1. The molecule has 1 rings (SSSR count). The zero-order valence-corrected chi connectivity index (χ0v) is 13.4. The van der Waals surface area contributed by atoms with Gasteiger partial charge in [-0.15, -0.1) is 0 Å². The standard InChI is InChI=1S/C17H29NO2/c1-14(2)9-11-18(12-10-15(3)4)17(19)8-7-16-6-5-13-20-16/h5-6,13-15H,7-12H2,1-4H3. The quantitative estimate of drug-likeness (QED) is 0.681. The first-order valence-electron chi connectivity index (χ1n) is 7.79. The van der Waals surface area contributed by atoms with Crippen molar-refractivity contribution in [3.63, 3.8) is 0 Å². The van der Waals surface area contributed by atoms with Crippen molar-refractivity contribution in [3.05, 3.63) is 24.2 Å². The summed E-state index contributed by atoms with van der Waals surface area (Å²) >= 11 is 0. The third kappa shape index (κ3) is 6.78. The van der Waals surface area contributed by atoms with Crippen molar-refractivity contribution >= 4 is 5.91 Å². The maximum Gasteiger partial charge on any atom is 0.223 e. The second-order valence-corrected chi connectivity index (χ2v) is 6.33. The van der Waals surface area contributed by atoms with E-state index in [1.165, 1.54) is 0 Å². The zero-order chi connectivity index (χ0) is 15.0. The summed E-state index contributed by atoms with van der Waals surface area (Å²) in [6.45, 7) is 10.6. The number of hydrogen-bond acceptors (Lipinski definition) is 2. The average molecular weight is 279 g/mol. The molecule has 1 heterocycles. The molecule has 1 amide bonds. The Morgan fingerprint density at radius 2 is 1.75 bits per heavy atom. The molecule has 0 N–H and O–H groups in total. The molecule has 3 nitrogen and oxygen atoms in total. The van der Waals surface area contributed by atoms with Crippen molar-refractivity contribution in [2.75, 3.05) is 13.1 Å². The third-order valence-corrected chi connectivity index (χ3v) is 3.47. The molecule has 0 radical (unpaired) electrons. The number of carbonyl (C=O) groups excluding carboxylic acids is 1. The SMILES string of the molecule is CC(C)CCN(CCC(C)C)C(=O)CCc1ccco1. The van der Waals surface area contributed by atoms with E-state index in [4.69, 9.17) is 4.42 Å². The average Bonchev–Trinajstić information content (AvgIpc) is 2.88.